The molecule has 0 bridgehead atoms. The molecule has 0 aromatic carbocycles. The Morgan fingerprint density at radius 3 is 2.47 bits per heavy atom. The third kappa shape index (κ3) is 4.19. The zero-order valence-electron chi connectivity index (χ0n) is 18.1. The molecule has 30 heavy (non-hydrogen) atoms. The number of nitrogens with one attached hydrogen (secondary N) is 1. The lowest BCUT2D eigenvalue weighted by atomic mass is 9.82. The Kier molecular flexibility index (Phi) is 5.56. The topological polar surface area (TPSA) is 50.2 Å². The molecule has 8 heteroatoms. The van der Waals surface area contributed by atoms with E-state index in [9.17, 15) is 18.0 Å². The Labute approximate surface area is 176 Å². The number of fused-ring (bicyclic) bond motifs is 1. The number of halogens is 3. The molecule has 1 aromatic heterocycles. The van der Waals surface area contributed by atoms with Gasteiger partial charge in [0.1, 0.15) is 5.82 Å². The molecule has 1 aromatic rings. The minimum atomic E-state index is -4.35. The highest BCUT2D eigenvalue weighted by Gasteiger charge is 2.48. The van der Waals surface area contributed by atoms with Gasteiger partial charge in [-0.25, -0.2) is 4.68 Å². The number of rotatable bonds is 2. The van der Waals surface area contributed by atoms with E-state index < -0.39 is 12.2 Å². The fourth-order valence-corrected chi connectivity index (χ4v) is 5.21. The van der Waals surface area contributed by atoms with E-state index in [0.717, 1.165) is 49.8 Å². The summed E-state index contributed by atoms with van der Waals surface area (Å²) in [6.45, 7) is 7.18. The maximum absolute atomic E-state index is 13.8. The van der Waals surface area contributed by atoms with Gasteiger partial charge in [-0.3, -0.25) is 4.79 Å². The van der Waals surface area contributed by atoms with Crippen LogP contribution in [0.1, 0.15) is 83.4 Å². The number of carbonyl (C=O) groups is 1. The van der Waals surface area contributed by atoms with Crippen molar-refractivity contribution < 1.29 is 18.0 Å². The molecule has 168 valence electrons. The molecule has 1 amide bonds. The normalized spacial score (nSPS) is 28.3. The second kappa shape index (κ2) is 7.75. The molecule has 1 saturated heterocycles. The van der Waals surface area contributed by atoms with Crippen molar-refractivity contribution in [2.45, 2.75) is 89.9 Å². The number of likely N-dealkylation sites (tertiary alicyclic amines) is 1. The van der Waals surface area contributed by atoms with Gasteiger partial charge in [-0.1, -0.05) is 33.6 Å². The summed E-state index contributed by atoms with van der Waals surface area (Å²) in [7, 11) is 0. The first-order valence-corrected chi connectivity index (χ1v) is 11.3. The van der Waals surface area contributed by atoms with Crippen LogP contribution in [-0.2, 0) is 4.79 Å². The fraction of sp³-hybridized carbons (Fsp3) is 0.818. The lowest BCUT2D eigenvalue weighted by Gasteiger charge is -2.39. The first-order chi connectivity index (χ1) is 14.0. The van der Waals surface area contributed by atoms with E-state index in [2.05, 4.69) is 10.4 Å². The van der Waals surface area contributed by atoms with Crippen molar-refractivity contribution in [3.8, 4) is 0 Å². The molecular formula is C22H33F3N4O. The highest BCUT2D eigenvalue weighted by atomic mass is 19.4. The van der Waals surface area contributed by atoms with Crippen LogP contribution in [0.3, 0.4) is 0 Å². The molecule has 1 aliphatic carbocycles. The van der Waals surface area contributed by atoms with Gasteiger partial charge in [0, 0.05) is 37.0 Å². The highest BCUT2D eigenvalue weighted by Crippen LogP contribution is 2.44. The number of anilines is 1. The summed E-state index contributed by atoms with van der Waals surface area (Å²) in [4.78, 5) is 14.8. The van der Waals surface area contributed by atoms with Crippen molar-refractivity contribution in [2.75, 3.05) is 18.4 Å². The van der Waals surface area contributed by atoms with E-state index in [4.69, 9.17) is 0 Å². The number of piperidine rings is 1. The maximum atomic E-state index is 13.8. The third-order valence-corrected chi connectivity index (χ3v) is 7.11. The molecule has 0 unspecified atom stereocenters. The van der Waals surface area contributed by atoms with Gasteiger partial charge in [0.2, 0.25) is 5.91 Å². The van der Waals surface area contributed by atoms with Crippen LogP contribution in [0, 0.1) is 11.3 Å². The molecule has 5 nitrogen and oxygen atoms in total. The zero-order valence-corrected chi connectivity index (χ0v) is 18.1. The van der Waals surface area contributed by atoms with Gasteiger partial charge in [0.25, 0.3) is 0 Å². The van der Waals surface area contributed by atoms with Gasteiger partial charge in [-0.2, -0.15) is 18.3 Å². The maximum Gasteiger partial charge on any atom is 0.410 e. The Morgan fingerprint density at radius 2 is 1.83 bits per heavy atom. The number of hydrogen-bond acceptors (Lipinski definition) is 3. The van der Waals surface area contributed by atoms with E-state index >= 15 is 0 Å². The molecular weight excluding hydrogens is 393 g/mol. The van der Waals surface area contributed by atoms with Gasteiger partial charge in [0.05, 0.1) is 5.69 Å². The predicted octanol–water partition coefficient (Wildman–Crippen LogP) is 5.11. The van der Waals surface area contributed by atoms with Gasteiger partial charge in [-0.15, -0.1) is 0 Å². The van der Waals surface area contributed by atoms with E-state index in [-0.39, 0.29) is 35.6 Å². The summed E-state index contributed by atoms with van der Waals surface area (Å²) < 4.78 is 42.6. The van der Waals surface area contributed by atoms with Crippen molar-refractivity contribution in [3.63, 3.8) is 0 Å². The van der Waals surface area contributed by atoms with Crippen molar-refractivity contribution in [2.24, 2.45) is 11.3 Å². The first-order valence-electron chi connectivity index (χ1n) is 11.3. The summed E-state index contributed by atoms with van der Waals surface area (Å²) in [6, 6.07) is -0.121. The molecule has 3 aliphatic rings. The predicted molar refractivity (Wildman–Crippen MR) is 109 cm³/mol. The largest absolute Gasteiger partial charge is 0.410 e. The number of hydrogen-bond donors (Lipinski definition) is 1. The van der Waals surface area contributed by atoms with Crippen LogP contribution in [0.4, 0.5) is 19.0 Å². The minimum Gasteiger partial charge on any atom is -0.367 e. The molecule has 1 N–H and O–H groups in total. The van der Waals surface area contributed by atoms with Crippen LogP contribution in [0.25, 0.3) is 0 Å². The Morgan fingerprint density at radius 1 is 1.13 bits per heavy atom. The van der Waals surface area contributed by atoms with Gasteiger partial charge < -0.3 is 10.2 Å². The Balaban J connectivity index is 1.56. The van der Waals surface area contributed by atoms with E-state index in [1.165, 1.54) is 0 Å². The second-order valence-electron chi connectivity index (χ2n) is 10.4. The molecule has 3 atom stereocenters. The third-order valence-electron chi connectivity index (χ3n) is 7.11. The molecule has 0 spiro atoms. The minimum absolute atomic E-state index is 0.00836. The SMILES string of the molecule is CC(C)(C)[C@@H]1C[C@@H](C(F)(F)F)n2nc([C@H]3CCCN(C(=O)C4CCCC4)C3)cc2N1. The second-order valence-corrected chi connectivity index (χ2v) is 10.4. The van der Waals surface area contributed by atoms with Crippen molar-refractivity contribution in [1.29, 1.82) is 0 Å². The summed E-state index contributed by atoms with van der Waals surface area (Å²) in [5.41, 5.74) is 0.374. The van der Waals surface area contributed by atoms with E-state index in [1.54, 1.807) is 6.07 Å². The lowest BCUT2D eigenvalue weighted by molar-refractivity contribution is -0.175. The van der Waals surface area contributed by atoms with Crippen LogP contribution in [-0.4, -0.2) is 45.9 Å². The van der Waals surface area contributed by atoms with E-state index in [0.29, 0.717) is 18.1 Å². The van der Waals surface area contributed by atoms with E-state index in [1.807, 2.05) is 25.7 Å². The zero-order chi connectivity index (χ0) is 21.7. The monoisotopic (exact) mass is 426 g/mol. The van der Waals surface area contributed by atoms with Crippen LogP contribution < -0.4 is 5.32 Å². The number of aromatic nitrogens is 2. The first kappa shape index (κ1) is 21.5. The van der Waals surface area contributed by atoms with Gasteiger partial charge in [0.15, 0.2) is 6.04 Å². The quantitative estimate of drug-likeness (QED) is 0.715. The summed E-state index contributed by atoms with van der Waals surface area (Å²) >= 11 is 0. The van der Waals surface area contributed by atoms with Crippen LogP contribution >= 0.6 is 0 Å². The van der Waals surface area contributed by atoms with Gasteiger partial charge >= 0.3 is 6.18 Å². The average molecular weight is 427 g/mol. The van der Waals surface area contributed by atoms with Crippen LogP contribution in [0.2, 0.25) is 0 Å². The summed E-state index contributed by atoms with van der Waals surface area (Å²) in [6.07, 6.45) is 1.49. The van der Waals surface area contributed by atoms with Crippen LogP contribution in [0.15, 0.2) is 6.07 Å². The Bertz CT molecular complexity index is 776. The molecule has 1 saturated carbocycles. The molecule has 2 aliphatic heterocycles. The molecule has 0 radical (unpaired) electrons. The number of amides is 1. The smallest absolute Gasteiger partial charge is 0.367 e. The summed E-state index contributed by atoms with van der Waals surface area (Å²) in [5, 5.41) is 7.72. The average Bonchev–Trinajstić information content (AvgIpc) is 3.34. The van der Waals surface area contributed by atoms with Crippen molar-refractivity contribution in [3.05, 3.63) is 11.8 Å². The van der Waals surface area contributed by atoms with Gasteiger partial charge in [-0.05, 0) is 37.5 Å². The fourth-order valence-electron chi connectivity index (χ4n) is 5.21. The number of alkyl halides is 3. The highest BCUT2D eigenvalue weighted by molar-refractivity contribution is 5.79. The van der Waals surface area contributed by atoms with Crippen molar-refractivity contribution >= 4 is 11.7 Å². The molecule has 3 heterocycles. The van der Waals surface area contributed by atoms with Crippen LogP contribution in [0.5, 0.6) is 0 Å². The molecule has 2 fully saturated rings. The van der Waals surface area contributed by atoms with Crippen molar-refractivity contribution in [1.82, 2.24) is 14.7 Å². The standard InChI is InChI=1S/C22H33F3N4O/c1-21(2,3)17-12-18(22(23,24)25)29-19(26-17)11-16(27-29)15-9-6-10-28(13-15)20(30)14-7-4-5-8-14/h11,14-15,17-18,26H,4-10,12-13H2,1-3H3/t15-,17-,18-/m0/s1. The lowest BCUT2D eigenvalue weighted by Crippen LogP contribution is -2.44. The number of nitrogens with zero attached hydrogens (tertiary/aromatic N) is 3. The molecule has 4 rings (SSSR count). The summed E-state index contributed by atoms with van der Waals surface area (Å²) in [5.74, 6) is 0.784. The number of carbonyl (C=O) groups excluding carboxylic acids is 1. The Hall–Kier alpha value is -1.73.